The number of carbonyl (C=O) groups is 1. The summed E-state index contributed by atoms with van der Waals surface area (Å²) in [5.74, 6) is 0.191. The number of benzene rings is 3. The summed E-state index contributed by atoms with van der Waals surface area (Å²) in [7, 11) is 0. The third kappa shape index (κ3) is 6.40. The van der Waals surface area contributed by atoms with Crippen molar-refractivity contribution >= 4 is 28.4 Å². The van der Waals surface area contributed by atoms with E-state index in [4.69, 9.17) is 11.6 Å². The third-order valence-corrected chi connectivity index (χ3v) is 6.21. The van der Waals surface area contributed by atoms with Gasteiger partial charge in [0.15, 0.2) is 0 Å². The van der Waals surface area contributed by atoms with Crippen molar-refractivity contribution in [3.05, 3.63) is 100 Å². The van der Waals surface area contributed by atoms with Crippen LogP contribution in [-0.2, 0) is 19.4 Å². The highest BCUT2D eigenvalue weighted by molar-refractivity contribution is 6.30. The number of aromatic nitrogens is 1. The van der Waals surface area contributed by atoms with E-state index in [9.17, 15) is 9.90 Å². The quantitative estimate of drug-likeness (QED) is 0.213. The highest BCUT2D eigenvalue weighted by Gasteiger charge is 2.12. The van der Waals surface area contributed by atoms with E-state index in [-0.39, 0.29) is 11.7 Å². The Morgan fingerprint density at radius 3 is 2.62 bits per heavy atom. The van der Waals surface area contributed by atoms with Gasteiger partial charge < -0.3 is 20.7 Å². The molecule has 1 heterocycles. The van der Waals surface area contributed by atoms with Gasteiger partial charge in [0.2, 0.25) is 0 Å². The van der Waals surface area contributed by atoms with Crippen LogP contribution in [0.3, 0.4) is 0 Å². The van der Waals surface area contributed by atoms with Crippen LogP contribution < -0.4 is 10.6 Å². The van der Waals surface area contributed by atoms with Crippen molar-refractivity contribution in [1.82, 2.24) is 15.6 Å². The van der Waals surface area contributed by atoms with Crippen LogP contribution in [0.4, 0.5) is 0 Å². The molecule has 0 saturated carbocycles. The number of phenols is 1. The smallest absolute Gasteiger partial charge is 0.251 e. The molecule has 0 bridgehead atoms. The average molecular weight is 476 g/mol. The first-order valence-corrected chi connectivity index (χ1v) is 12.1. The first-order valence-electron chi connectivity index (χ1n) is 11.7. The fourth-order valence-electron chi connectivity index (χ4n) is 4.15. The van der Waals surface area contributed by atoms with Crippen LogP contribution in [0.5, 0.6) is 5.75 Å². The van der Waals surface area contributed by atoms with Crippen LogP contribution >= 0.6 is 11.6 Å². The van der Waals surface area contributed by atoms with Crippen LogP contribution in [0.1, 0.15) is 39.9 Å². The van der Waals surface area contributed by atoms with Crippen LogP contribution in [0.2, 0.25) is 5.02 Å². The Kier molecular flexibility index (Phi) is 8.23. The van der Waals surface area contributed by atoms with Crippen molar-refractivity contribution in [3.63, 3.8) is 0 Å². The van der Waals surface area contributed by atoms with Crippen LogP contribution in [0.25, 0.3) is 10.9 Å². The molecule has 0 atom stereocenters. The maximum absolute atomic E-state index is 12.8. The highest BCUT2D eigenvalue weighted by atomic mass is 35.5. The van der Waals surface area contributed by atoms with Gasteiger partial charge in [0.05, 0.1) is 0 Å². The van der Waals surface area contributed by atoms with Gasteiger partial charge in [0.25, 0.3) is 5.91 Å². The zero-order valence-corrected chi connectivity index (χ0v) is 19.9. The minimum atomic E-state index is -0.0692. The molecule has 4 rings (SSSR count). The molecule has 0 aliphatic carbocycles. The van der Waals surface area contributed by atoms with E-state index < -0.39 is 0 Å². The second-order valence-corrected chi connectivity index (χ2v) is 8.91. The van der Waals surface area contributed by atoms with Crippen molar-refractivity contribution in [3.8, 4) is 5.75 Å². The van der Waals surface area contributed by atoms with E-state index in [1.165, 1.54) is 5.56 Å². The Morgan fingerprint density at radius 2 is 1.76 bits per heavy atom. The molecule has 1 aromatic heterocycles. The van der Waals surface area contributed by atoms with Crippen molar-refractivity contribution in [2.75, 3.05) is 13.1 Å². The first kappa shape index (κ1) is 23.9. The molecule has 0 spiro atoms. The molecule has 4 aromatic rings. The lowest BCUT2D eigenvalue weighted by atomic mass is 10.1. The van der Waals surface area contributed by atoms with E-state index in [1.807, 2.05) is 24.4 Å². The van der Waals surface area contributed by atoms with Gasteiger partial charge in [0.1, 0.15) is 5.75 Å². The monoisotopic (exact) mass is 475 g/mol. The Balaban J connectivity index is 1.26. The van der Waals surface area contributed by atoms with Gasteiger partial charge in [-0.05, 0) is 85.3 Å². The summed E-state index contributed by atoms with van der Waals surface area (Å²) < 4.78 is 0. The number of halogens is 1. The number of amides is 1. The lowest BCUT2D eigenvalue weighted by molar-refractivity contribution is 0.0952. The molecule has 1 amide bonds. The summed E-state index contributed by atoms with van der Waals surface area (Å²) in [4.78, 5) is 16.0. The van der Waals surface area contributed by atoms with Crippen molar-refractivity contribution in [2.45, 2.75) is 32.2 Å². The fourth-order valence-corrected chi connectivity index (χ4v) is 4.34. The van der Waals surface area contributed by atoms with Crippen LogP contribution in [0.15, 0.2) is 72.9 Å². The summed E-state index contributed by atoms with van der Waals surface area (Å²) >= 11 is 6.21. The number of aromatic hydroxyl groups is 1. The number of H-pyrrole nitrogens is 1. The third-order valence-electron chi connectivity index (χ3n) is 5.97. The molecule has 0 saturated heterocycles. The standard InChI is InChI=1S/C28H30ClN3O2/c29-23-9-11-25(28(34)31-14-5-4-8-20-6-2-1-3-7-20)22(16-23)18-30-15-13-21-19-32-27-12-10-24(33)17-26(21)27/h1-3,6-7,9-12,16-17,19,30,32-33H,4-5,8,13-15,18H2,(H,31,34). The molecule has 5 nitrogen and oxygen atoms in total. The molecule has 0 radical (unpaired) electrons. The van der Waals surface area contributed by atoms with Crippen LogP contribution in [0, 0.1) is 0 Å². The fraction of sp³-hybridized carbons (Fsp3) is 0.250. The van der Waals surface area contributed by atoms with E-state index >= 15 is 0 Å². The number of fused-ring (bicyclic) bond motifs is 1. The molecule has 34 heavy (non-hydrogen) atoms. The highest BCUT2D eigenvalue weighted by Crippen LogP contribution is 2.23. The van der Waals surface area contributed by atoms with Gasteiger partial charge in [-0.2, -0.15) is 0 Å². The molecule has 4 N–H and O–H groups in total. The SMILES string of the molecule is O=C(NCCCCc1ccccc1)c1ccc(Cl)cc1CNCCc1c[nH]c2ccc(O)cc12. The normalized spacial score (nSPS) is 11.1. The van der Waals surface area contributed by atoms with Crippen molar-refractivity contribution in [1.29, 1.82) is 0 Å². The topological polar surface area (TPSA) is 77.2 Å². The second-order valence-electron chi connectivity index (χ2n) is 8.47. The van der Waals surface area contributed by atoms with Crippen molar-refractivity contribution in [2.24, 2.45) is 0 Å². The van der Waals surface area contributed by atoms with Crippen molar-refractivity contribution < 1.29 is 9.90 Å². The zero-order valence-electron chi connectivity index (χ0n) is 19.1. The first-order chi connectivity index (χ1) is 16.6. The number of aromatic amines is 1. The van der Waals surface area contributed by atoms with Gasteiger partial charge in [-0.15, -0.1) is 0 Å². The average Bonchev–Trinajstić information content (AvgIpc) is 3.24. The minimum Gasteiger partial charge on any atom is -0.508 e. The summed E-state index contributed by atoms with van der Waals surface area (Å²) in [6, 6.07) is 21.1. The predicted octanol–water partition coefficient (Wildman–Crippen LogP) is 5.61. The number of rotatable bonds is 11. The number of nitrogens with one attached hydrogen (secondary N) is 3. The molecule has 3 aromatic carbocycles. The minimum absolute atomic E-state index is 0.0692. The number of carbonyl (C=O) groups excluding carboxylic acids is 1. The van der Waals surface area contributed by atoms with E-state index in [1.54, 1.807) is 24.3 Å². The summed E-state index contributed by atoms with van der Waals surface area (Å²) in [5, 5.41) is 17.9. The molecule has 176 valence electrons. The molecule has 6 heteroatoms. The second kappa shape index (κ2) is 11.7. The van der Waals surface area contributed by atoms with Gasteiger partial charge in [-0.1, -0.05) is 41.9 Å². The molecular weight excluding hydrogens is 446 g/mol. The van der Waals surface area contributed by atoms with E-state index in [0.29, 0.717) is 23.7 Å². The number of phenolic OH excluding ortho intramolecular Hbond substituents is 1. The summed E-state index contributed by atoms with van der Waals surface area (Å²) in [6.45, 7) is 1.93. The molecule has 0 aliphatic heterocycles. The molecular formula is C28H30ClN3O2. The van der Waals surface area contributed by atoms with E-state index in [2.05, 4.69) is 39.9 Å². The summed E-state index contributed by atoms with van der Waals surface area (Å²) in [5.41, 5.74) is 5.00. The largest absolute Gasteiger partial charge is 0.508 e. The maximum atomic E-state index is 12.8. The number of hydrogen-bond acceptors (Lipinski definition) is 3. The Morgan fingerprint density at radius 1 is 0.912 bits per heavy atom. The van der Waals surface area contributed by atoms with Gasteiger partial charge in [-0.3, -0.25) is 4.79 Å². The molecule has 0 fully saturated rings. The predicted molar refractivity (Wildman–Crippen MR) is 139 cm³/mol. The van der Waals surface area contributed by atoms with Gasteiger partial charge >= 0.3 is 0 Å². The number of unbranched alkanes of at least 4 members (excludes halogenated alkanes) is 1. The Labute approximate surface area is 205 Å². The molecule has 0 aliphatic rings. The molecule has 0 unspecified atom stereocenters. The lowest BCUT2D eigenvalue weighted by Gasteiger charge is -2.12. The summed E-state index contributed by atoms with van der Waals surface area (Å²) in [6.07, 6.45) is 5.75. The van der Waals surface area contributed by atoms with Gasteiger partial charge in [-0.25, -0.2) is 0 Å². The van der Waals surface area contributed by atoms with E-state index in [0.717, 1.165) is 54.3 Å². The van der Waals surface area contributed by atoms with Crippen LogP contribution in [-0.4, -0.2) is 29.1 Å². The zero-order chi connectivity index (χ0) is 23.8. The van der Waals surface area contributed by atoms with Gasteiger partial charge in [0, 0.05) is 40.8 Å². The Bertz CT molecular complexity index is 1240. The Hall–Kier alpha value is -3.28. The number of aryl methyl sites for hydroxylation is 1. The number of hydrogen-bond donors (Lipinski definition) is 4. The lowest BCUT2D eigenvalue weighted by Crippen LogP contribution is -2.27. The maximum Gasteiger partial charge on any atom is 0.251 e.